The van der Waals surface area contributed by atoms with E-state index in [1.807, 2.05) is 0 Å². The third kappa shape index (κ3) is 5.27. The average Bonchev–Trinajstić information content (AvgIpc) is 3.54. The average molecular weight is 461 g/mol. The molecule has 2 aliphatic carbocycles. The molecule has 2 aromatic heterocycles. The smallest absolute Gasteiger partial charge is 0.365 e. The molecular formula is C22H26F3N7O. The van der Waals surface area contributed by atoms with Crippen molar-refractivity contribution in [3.8, 4) is 6.07 Å². The Balaban J connectivity index is 1.50. The van der Waals surface area contributed by atoms with Gasteiger partial charge in [-0.15, -0.1) is 0 Å². The van der Waals surface area contributed by atoms with E-state index in [-0.39, 0.29) is 35.1 Å². The number of hydrogen-bond acceptors (Lipinski definition) is 6. The number of carbonyl (C=O) groups excluding carboxylic acids is 1. The van der Waals surface area contributed by atoms with E-state index in [9.17, 15) is 23.2 Å². The molecule has 0 radical (unpaired) electrons. The molecule has 4 rings (SSSR count). The summed E-state index contributed by atoms with van der Waals surface area (Å²) in [4.78, 5) is 15.4. The second-order valence-electron chi connectivity index (χ2n) is 8.90. The number of nitriles is 1. The van der Waals surface area contributed by atoms with E-state index in [2.05, 4.69) is 33.7 Å². The van der Waals surface area contributed by atoms with Gasteiger partial charge < -0.3 is 16.4 Å². The highest BCUT2D eigenvalue weighted by Gasteiger charge is 2.36. The monoisotopic (exact) mass is 461 g/mol. The van der Waals surface area contributed by atoms with Crippen LogP contribution in [-0.2, 0) is 6.18 Å². The first-order valence-corrected chi connectivity index (χ1v) is 11.0. The lowest BCUT2D eigenvalue weighted by molar-refractivity contribution is -0.141. The third-order valence-corrected chi connectivity index (χ3v) is 6.46. The number of primary amides is 1. The van der Waals surface area contributed by atoms with Gasteiger partial charge in [0.1, 0.15) is 11.3 Å². The first kappa shape index (κ1) is 23.0. The quantitative estimate of drug-likeness (QED) is 0.577. The summed E-state index contributed by atoms with van der Waals surface area (Å²) in [6.45, 7) is 2.19. The summed E-state index contributed by atoms with van der Waals surface area (Å²) in [5.41, 5.74) is 4.80. The Hall–Kier alpha value is -3.13. The minimum absolute atomic E-state index is 0.0918. The molecule has 0 spiro atoms. The second kappa shape index (κ2) is 9.02. The van der Waals surface area contributed by atoms with Crippen molar-refractivity contribution in [3.05, 3.63) is 35.8 Å². The van der Waals surface area contributed by atoms with Gasteiger partial charge in [0.2, 0.25) is 0 Å². The number of nitrogens with two attached hydrogens (primary N) is 1. The van der Waals surface area contributed by atoms with Crippen LogP contribution in [0.25, 0.3) is 0 Å². The molecule has 176 valence electrons. The van der Waals surface area contributed by atoms with Crippen LogP contribution in [-0.4, -0.2) is 32.8 Å². The maximum absolute atomic E-state index is 12.7. The van der Waals surface area contributed by atoms with Gasteiger partial charge in [-0.2, -0.15) is 23.5 Å². The molecule has 8 nitrogen and oxygen atoms in total. The molecule has 1 amide bonds. The molecule has 0 aliphatic heterocycles. The van der Waals surface area contributed by atoms with Crippen molar-refractivity contribution in [2.75, 3.05) is 5.32 Å². The van der Waals surface area contributed by atoms with Gasteiger partial charge in [0.25, 0.3) is 5.91 Å². The molecule has 4 N–H and O–H groups in total. The van der Waals surface area contributed by atoms with Gasteiger partial charge in [-0.05, 0) is 57.1 Å². The van der Waals surface area contributed by atoms with Gasteiger partial charge in [0.05, 0.1) is 29.9 Å². The van der Waals surface area contributed by atoms with Crippen LogP contribution in [0.5, 0.6) is 0 Å². The fourth-order valence-electron chi connectivity index (χ4n) is 4.47. The number of alkyl halides is 3. The number of hydrogen-bond donors (Lipinski definition) is 3. The van der Waals surface area contributed by atoms with E-state index < -0.39 is 17.8 Å². The molecule has 2 saturated carbocycles. The number of amides is 1. The van der Waals surface area contributed by atoms with Crippen molar-refractivity contribution >= 4 is 17.4 Å². The first-order chi connectivity index (χ1) is 15.7. The molecule has 2 heterocycles. The second-order valence-corrected chi connectivity index (χ2v) is 8.90. The van der Waals surface area contributed by atoms with E-state index in [0.29, 0.717) is 18.9 Å². The van der Waals surface area contributed by atoms with Crippen LogP contribution in [0.1, 0.15) is 61.1 Å². The van der Waals surface area contributed by atoms with Crippen molar-refractivity contribution in [2.24, 2.45) is 17.6 Å². The lowest BCUT2D eigenvalue weighted by Crippen LogP contribution is -2.43. The molecule has 2 aromatic rings. The predicted octanol–water partition coefficient (Wildman–Crippen LogP) is 3.76. The van der Waals surface area contributed by atoms with Gasteiger partial charge in [-0.25, -0.2) is 4.98 Å². The molecule has 0 aromatic carbocycles. The Morgan fingerprint density at radius 2 is 2.06 bits per heavy atom. The minimum Gasteiger partial charge on any atom is -0.365 e. The number of nitrogens with one attached hydrogen (secondary N) is 2. The Bertz CT molecular complexity index is 1040. The minimum atomic E-state index is -4.55. The summed E-state index contributed by atoms with van der Waals surface area (Å²) in [5.74, 6) is -0.196. The number of halogens is 3. The van der Waals surface area contributed by atoms with Crippen molar-refractivity contribution in [3.63, 3.8) is 0 Å². The van der Waals surface area contributed by atoms with Gasteiger partial charge in [-0.3, -0.25) is 9.48 Å². The summed E-state index contributed by atoms with van der Waals surface area (Å²) in [7, 11) is 0. The lowest BCUT2D eigenvalue weighted by Gasteiger charge is -2.34. The molecule has 4 atom stereocenters. The number of carbonyl (C=O) groups is 1. The normalized spacial score (nSPS) is 24.2. The Morgan fingerprint density at radius 1 is 1.30 bits per heavy atom. The summed E-state index contributed by atoms with van der Waals surface area (Å²) in [5, 5.41) is 20.7. The fourth-order valence-corrected chi connectivity index (χ4v) is 4.47. The number of anilines is 2. The summed E-state index contributed by atoms with van der Waals surface area (Å²) < 4.78 is 39.8. The standard InChI is InChI=1S/C22H26F3N7O/c1-12(13-2-3-13)29-15-4-6-18(14(8-15)9-26)32-11-17(20(27)33)21(31-32)30-16-5-7-19(28-10-16)22(23,24)25/h5,7,10-15,18,29H,2-4,6,8H2,1H3,(H2,27,33)(H,30,31)/t12-,14+,15-,18-/m0/s1. The predicted molar refractivity (Wildman–Crippen MR) is 114 cm³/mol. The fraction of sp³-hybridized carbons (Fsp3) is 0.545. The highest BCUT2D eigenvalue weighted by molar-refractivity contribution is 5.98. The van der Waals surface area contributed by atoms with Crippen LogP contribution < -0.4 is 16.4 Å². The van der Waals surface area contributed by atoms with Crippen LogP contribution in [0.4, 0.5) is 24.7 Å². The maximum atomic E-state index is 12.7. The lowest BCUT2D eigenvalue weighted by atomic mass is 9.82. The highest BCUT2D eigenvalue weighted by Crippen LogP contribution is 2.37. The van der Waals surface area contributed by atoms with Gasteiger partial charge in [0, 0.05) is 18.3 Å². The van der Waals surface area contributed by atoms with Crippen molar-refractivity contribution in [1.29, 1.82) is 5.26 Å². The third-order valence-electron chi connectivity index (χ3n) is 6.46. The van der Waals surface area contributed by atoms with Gasteiger partial charge in [0.15, 0.2) is 5.82 Å². The van der Waals surface area contributed by atoms with E-state index in [4.69, 9.17) is 5.73 Å². The number of nitrogens with zero attached hydrogens (tertiary/aromatic N) is 4. The maximum Gasteiger partial charge on any atom is 0.433 e. The Morgan fingerprint density at radius 3 is 2.64 bits per heavy atom. The first-order valence-electron chi connectivity index (χ1n) is 11.0. The molecule has 0 unspecified atom stereocenters. The SMILES string of the molecule is C[C@H](N[C@H]1CC[C@H](n2cc(C(N)=O)c(Nc3ccc(C(F)(F)F)nc3)n2)[C@@H](C#N)C1)C1CC1. The molecular weight excluding hydrogens is 435 g/mol. The number of rotatable bonds is 7. The van der Waals surface area contributed by atoms with E-state index >= 15 is 0 Å². The topological polar surface area (TPSA) is 122 Å². The van der Waals surface area contributed by atoms with Crippen molar-refractivity contribution in [1.82, 2.24) is 20.1 Å². The van der Waals surface area contributed by atoms with Crippen LogP contribution in [0.3, 0.4) is 0 Å². The number of pyridine rings is 1. The zero-order valence-electron chi connectivity index (χ0n) is 18.1. The molecule has 0 bridgehead atoms. The summed E-state index contributed by atoms with van der Waals surface area (Å²) in [6.07, 6.45) is 2.72. The van der Waals surface area contributed by atoms with E-state index in [0.717, 1.165) is 24.6 Å². The van der Waals surface area contributed by atoms with Crippen LogP contribution in [0, 0.1) is 23.2 Å². The van der Waals surface area contributed by atoms with E-state index in [1.165, 1.54) is 25.1 Å². The van der Waals surface area contributed by atoms with Crippen molar-refractivity contribution in [2.45, 2.75) is 63.3 Å². The van der Waals surface area contributed by atoms with Crippen molar-refractivity contribution < 1.29 is 18.0 Å². The molecule has 11 heteroatoms. The molecule has 2 aliphatic rings. The Labute approximate surface area is 189 Å². The molecule has 2 fully saturated rings. The van der Waals surface area contributed by atoms with Crippen LogP contribution in [0.15, 0.2) is 24.5 Å². The Kier molecular flexibility index (Phi) is 6.30. The largest absolute Gasteiger partial charge is 0.433 e. The van der Waals surface area contributed by atoms with Crippen LogP contribution in [0.2, 0.25) is 0 Å². The molecule has 33 heavy (non-hydrogen) atoms. The van der Waals surface area contributed by atoms with Gasteiger partial charge >= 0.3 is 6.18 Å². The zero-order chi connectivity index (χ0) is 23.8. The molecule has 0 saturated heterocycles. The van der Waals surface area contributed by atoms with E-state index in [1.54, 1.807) is 4.68 Å². The van der Waals surface area contributed by atoms with Crippen LogP contribution >= 0.6 is 0 Å². The highest BCUT2D eigenvalue weighted by atomic mass is 19.4. The zero-order valence-corrected chi connectivity index (χ0v) is 18.1. The summed E-state index contributed by atoms with van der Waals surface area (Å²) in [6, 6.07) is 4.87. The summed E-state index contributed by atoms with van der Waals surface area (Å²) >= 11 is 0. The number of aromatic nitrogens is 3. The van der Waals surface area contributed by atoms with Gasteiger partial charge in [-0.1, -0.05) is 0 Å².